The molecule has 4 heteroatoms. The van der Waals surface area contributed by atoms with Crippen LogP contribution in [0, 0.1) is 0 Å². The van der Waals surface area contributed by atoms with E-state index in [0.29, 0.717) is 0 Å². The molecule has 4 nitrogen and oxygen atoms in total. The fraction of sp³-hybridized carbons (Fsp3) is 0.250. The number of anilines is 1. The number of likely N-dealkylation sites (N-methyl/N-ethyl adjacent to an activating group) is 1. The van der Waals surface area contributed by atoms with E-state index in [9.17, 15) is 0 Å². The maximum atomic E-state index is 5.37. The standard InChI is InChI=1S/C20H23N3O/c1-23(2)12-11-21-20-14-19(15-7-5-4-6-8-15)22-18-10-9-16(24-3)13-17(18)20/h4-10,13-14H,11-12H2,1-3H3,(H,21,22). The molecule has 24 heavy (non-hydrogen) atoms. The lowest BCUT2D eigenvalue weighted by molar-refractivity contribution is 0.415. The molecule has 3 rings (SSSR count). The minimum atomic E-state index is 0.840. The first-order chi connectivity index (χ1) is 11.7. The van der Waals surface area contributed by atoms with Crippen LogP contribution >= 0.6 is 0 Å². The molecule has 0 aliphatic heterocycles. The predicted octanol–water partition coefficient (Wildman–Crippen LogP) is 3.88. The Balaban J connectivity index is 2.05. The lowest BCUT2D eigenvalue weighted by Crippen LogP contribution is -2.20. The fourth-order valence-electron chi connectivity index (χ4n) is 2.65. The molecular weight excluding hydrogens is 298 g/mol. The average Bonchev–Trinajstić information content (AvgIpc) is 2.61. The summed E-state index contributed by atoms with van der Waals surface area (Å²) in [5.41, 5.74) is 4.13. The third-order valence-corrected chi connectivity index (χ3v) is 3.96. The Kier molecular flexibility index (Phi) is 4.96. The topological polar surface area (TPSA) is 37.4 Å². The number of hydrogen-bond acceptors (Lipinski definition) is 4. The van der Waals surface area contributed by atoms with Crippen molar-refractivity contribution in [1.29, 1.82) is 0 Å². The summed E-state index contributed by atoms with van der Waals surface area (Å²) < 4.78 is 5.37. The predicted molar refractivity (Wildman–Crippen MR) is 101 cm³/mol. The van der Waals surface area contributed by atoms with Gasteiger partial charge in [0.2, 0.25) is 0 Å². The van der Waals surface area contributed by atoms with Crippen LogP contribution in [0.5, 0.6) is 5.75 Å². The van der Waals surface area contributed by atoms with Gasteiger partial charge in [-0.15, -0.1) is 0 Å². The molecule has 3 aromatic rings. The Bertz CT molecular complexity index is 816. The summed E-state index contributed by atoms with van der Waals surface area (Å²) in [6, 6.07) is 18.4. The minimum Gasteiger partial charge on any atom is -0.497 e. The molecule has 2 aromatic carbocycles. The van der Waals surface area contributed by atoms with Gasteiger partial charge in [-0.3, -0.25) is 0 Å². The van der Waals surface area contributed by atoms with Crippen LogP contribution in [-0.2, 0) is 0 Å². The highest BCUT2D eigenvalue weighted by Crippen LogP contribution is 2.30. The molecule has 0 bridgehead atoms. The first-order valence-electron chi connectivity index (χ1n) is 8.10. The number of aromatic nitrogens is 1. The average molecular weight is 321 g/mol. The van der Waals surface area contributed by atoms with Crippen LogP contribution < -0.4 is 10.1 Å². The molecular formula is C20H23N3O. The number of ether oxygens (including phenoxy) is 1. The summed E-state index contributed by atoms with van der Waals surface area (Å²) in [7, 11) is 5.83. The van der Waals surface area contributed by atoms with Gasteiger partial charge in [0.25, 0.3) is 0 Å². The van der Waals surface area contributed by atoms with Gasteiger partial charge in [0.1, 0.15) is 5.75 Å². The molecule has 124 valence electrons. The smallest absolute Gasteiger partial charge is 0.119 e. The second-order valence-corrected chi connectivity index (χ2v) is 6.03. The van der Waals surface area contributed by atoms with E-state index in [1.165, 1.54) is 0 Å². The maximum Gasteiger partial charge on any atom is 0.119 e. The normalized spacial score (nSPS) is 11.0. The van der Waals surface area contributed by atoms with E-state index in [1.54, 1.807) is 7.11 Å². The molecule has 0 aliphatic carbocycles. The molecule has 0 saturated heterocycles. The van der Waals surface area contributed by atoms with Crippen molar-refractivity contribution in [3.63, 3.8) is 0 Å². The molecule has 1 aromatic heterocycles. The summed E-state index contributed by atoms with van der Waals surface area (Å²) >= 11 is 0. The lowest BCUT2D eigenvalue weighted by Gasteiger charge is -2.15. The number of nitrogens with one attached hydrogen (secondary N) is 1. The fourth-order valence-corrected chi connectivity index (χ4v) is 2.65. The van der Waals surface area contributed by atoms with E-state index in [-0.39, 0.29) is 0 Å². The molecule has 1 heterocycles. The molecule has 0 unspecified atom stereocenters. The molecule has 0 fully saturated rings. The highest BCUT2D eigenvalue weighted by Gasteiger charge is 2.09. The highest BCUT2D eigenvalue weighted by atomic mass is 16.5. The summed E-state index contributed by atoms with van der Waals surface area (Å²) in [5.74, 6) is 0.840. The summed E-state index contributed by atoms with van der Waals surface area (Å²) in [6.45, 7) is 1.84. The van der Waals surface area contributed by atoms with E-state index < -0.39 is 0 Å². The van der Waals surface area contributed by atoms with E-state index in [0.717, 1.165) is 46.7 Å². The number of hydrogen-bond donors (Lipinski definition) is 1. The third kappa shape index (κ3) is 3.66. The van der Waals surface area contributed by atoms with Gasteiger partial charge in [0, 0.05) is 29.7 Å². The van der Waals surface area contributed by atoms with Crippen LogP contribution in [0.25, 0.3) is 22.2 Å². The van der Waals surface area contributed by atoms with Crippen molar-refractivity contribution >= 4 is 16.6 Å². The quantitative estimate of drug-likeness (QED) is 0.747. The van der Waals surface area contributed by atoms with Crippen LogP contribution in [0.1, 0.15) is 0 Å². The molecule has 0 spiro atoms. The Hall–Kier alpha value is -2.59. The van der Waals surface area contributed by atoms with Crippen molar-refractivity contribution in [3.8, 4) is 17.0 Å². The zero-order valence-corrected chi connectivity index (χ0v) is 14.4. The first kappa shape index (κ1) is 16.3. The summed E-state index contributed by atoms with van der Waals surface area (Å²) in [6.07, 6.45) is 0. The van der Waals surface area contributed by atoms with Crippen LogP contribution in [0.3, 0.4) is 0 Å². The van der Waals surface area contributed by atoms with Gasteiger partial charge in [-0.05, 0) is 38.4 Å². The van der Waals surface area contributed by atoms with E-state index in [2.05, 4.69) is 42.5 Å². The van der Waals surface area contributed by atoms with Crippen LogP contribution in [0.15, 0.2) is 54.6 Å². The number of nitrogens with zero attached hydrogens (tertiary/aromatic N) is 2. The zero-order valence-electron chi connectivity index (χ0n) is 14.4. The third-order valence-electron chi connectivity index (χ3n) is 3.96. The Morgan fingerprint density at radius 1 is 1.04 bits per heavy atom. The highest BCUT2D eigenvalue weighted by molar-refractivity contribution is 5.94. The van der Waals surface area contributed by atoms with Crippen molar-refractivity contribution in [2.24, 2.45) is 0 Å². The molecule has 1 N–H and O–H groups in total. The molecule has 0 aliphatic rings. The minimum absolute atomic E-state index is 0.840. The van der Waals surface area contributed by atoms with Gasteiger partial charge in [-0.2, -0.15) is 0 Å². The number of methoxy groups -OCH3 is 1. The Labute approximate surface area is 143 Å². The number of benzene rings is 2. The van der Waals surface area contributed by atoms with Crippen molar-refractivity contribution in [3.05, 3.63) is 54.6 Å². The van der Waals surface area contributed by atoms with E-state index >= 15 is 0 Å². The van der Waals surface area contributed by atoms with Gasteiger partial charge in [-0.25, -0.2) is 4.98 Å². The zero-order chi connectivity index (χ0) is 16.9. The maximum absolute atomic E-state index is 5.37. The van der Waals surface area contributed by atoms with Crippen LogP contribution in [0.2, 0.25) is 0 Å². The SMILES string of the molecule is COc1ccc2nc(-c3ccccc3)cc(NCCN(C)C)c2c1. The van der Waals surface area contributed by atoms with Crippen LogP contribution in [-0.4, -0.2) is 44.2 Å². The Morgan fingerprint density at radius 2 is 1.83 bits per heavy atom. The molecule has 0 atom stereocenters. The second-order valence-electron chi connectivity index (χ2n) is 6.03. The van der Waals surface area contributed by atoms with E-state index in [4.69, 9.17) is 9.72 Å². The van der Waals surface area contributed by atoms with Gasteiger partial charge in [-0.1, -0.05) is 30.3 Å². The molecule has 0 saturated carbocycles. The van der Waals surface area contributed by atoms with Gasteiger partial charge in [0.05, 0.1) is 18.3 Å². The number of fused-ring (bicyclic) bond motifs is 1. The van der Waals surface area contributed by atoms with Crippen molar-refractivity contribution < 1.29 is 4.74 Å². The van der Waals surface area contributed by atoms with Crippen LogP contribution in [0.4, 0.5) is 5.69 Å². The largest absolute Gasteiger partial charge is 0.497 e. The van der Waals surface area contributed by atoms with Crippen molar-refractivity contribution in [2.75, 3.05) is 39.6 Å². The van der Waals surface area contributed by atoms with Gasteiger partial charge < -0.3 is 15.0 Å². The Morgan fingerprint density at radius 3 is 2.54 bits per heavy atom. The van der Waals surface area contributed by atoms with Crippen molar-refractivity contribution in [1.82, 2.24) is 9.88 Å². The summed E-state index contributed by atoms with van der Waals surface area (Å²) in [5, 5.41) is 4.62. The second kappa shape index (κ2) is 7.32. The monoisotopic (exact) mass is 321 g/mol. The van der Waals surface area contributed by atoms with E-state index in [1.807, 2.05) is 36.4 Å². The lowest BCUT2D eigenvalue weighted by atomic mass is 10.1. The summed E-state index contributed by atoms with van der Waals surface area (Å²) in [4.78, 5) is 6.98. The van der Waals surface area contributed by atoms with Gasteiger partial charge in [0.15, 0.2) is 0 Å². The van der Waals surface area contributed by atoms with Crippen molar-refractivity contribution in [2.45, 2.75) is 0 Å². The molecule has 0 radical (unpaired) electrons. The van der Waals surface area contributed by atoms with Gasteiger partial charge >= 0.3 is 0 Å². The number of pyridine rings is 1. The molecule has 0 amide bonds. The first-order valence-corrected chi connectivity index (χ1v) is 8.10. The number of rotatable bonds is 6.